The molecule has 0 aromatic rings. The van der Waals surface area contributed by atoms with Crippen LogP contribution < -0.4 is 0 Å². The van der Waals surface area contributed by atoms with Crippen molar-refractivity contribution in [1.82, 2.24) is 0 Å². The highest BCUT2D eigenvalue weighted by molar-refractivity contribution is 5.06. The van der Waals surface area contributed by atoms with E-state index in [2.05, 4.69) is 0 Å². The Morgan fingerprint density at radius 3 is 0.319 bits per heavy atom. The lowest BCUT2D eigenvalue weighted by molar-refractivity contribution is -0.402. The Bertz CT molecular complexity index is 3620. The average Bonchev–Trinajstić information content (AvgIpc) is 0.751. The summed E-state index contributed by atoms with van der Waals surface area (Å²) in [7, 11) is 0. The first-order chi connectivity index (χ1) is 68.4. The van der Waals surface area contributed by atoms with Crippen molar-refractivity contribution in [2.24, 2.45) is 0 Å². The highest BCUT2D eigenvalue weighted by Crippen LogP contribution is 2.44. The summed E-state index contributed by atoms with van der Waals surface area (Å²) in [5.74, 6) is 0. The minimum atomic E-state index is -2.38. The smallest absolute Gasteiger partial charge is 0.187 e. The van der Waals surface area contributed by atoms with Gasteiger partial charge in [0.2, 0.25) is 0 Å². The molecule has 840 valence electrons. The van der Waals surface area contributed by atoms with Gasteiger partial charge in [0.1, 0.15) is 317 Å². The van der Waals surface area contributed by atoms with Gasteiger partial charge in [-0.3, -0.25) is 0 Å². The van der Waals surface area contributed by atoms with Gasteiger partial charge < -0.3 is 328 Å². The lowest BCUT2D eigenvalue weighted by Gasteiger charge is -2.50. The van der Waals surface area contributed by atoms with E-state index in [0.29, 0.717) is 0 Å². The quantitative estimate of drug-likeness (QED) is 0.0275. The van der Waals surface area contributed by atoms with Crippen LogP contribution in [-0.4, -0.2) is 694 Å². The first-order valence-electron chi connectivity index (χ1n) is 45.8. The molecule has 0 bridgehead atoms. The molecule has 1 unspecified atom stereocenters. The van der Waals surface area contributed by atoms with E-state index < -0.39 is 485 Å². The molecule has 65 atom stereocenters. The minimum Gasteiger partial charge on any atom is -0.394 e. The van der Waals surface area contributed by atoms with Crippen molar-refractivity contribution < 1.29 is 328 Å². The van der Waals surface area contributed by atoms with E-state index in [1.165, 1.54) is 0 Å². The van der Waals surface area contributed by atoms with Crippen LogP contribution in [0.5, 0.6) is 0 Å². The summed E-state index contributed by atoms with van der Waals surface area (Å²) in [6.45, 7) is -14.3. The molecule has 0 amide bonds. The minimum absolute atomic E-state index is 0.883. The molecule has 144 heavy (non-hydrogen) atoms. The monoisotopic (exact) mass is 2120 g/mol. The zero-order chi connectivity index (χ0) is 105. The fourth-order valence-corrected chi connectivity index (χ4v) is 18.9. The van der Waals surface area contributed by atoms with Gasteiger partial charge in [-0.1, -0.05) is 0 Å². The predicted molar refractivity (Wildman–Crippen MR) is 428 cm³/mol. The molecule has 0 aromatic heterocycles. The Balaban J connectivity index is 0.561. The van der Waals surface area contributed by atoms with Crippen LogP contribution >= 0.6 is 0 Å². The summed E-state index contributed by atoms with van der Waals surface area (Å²) >= 11 is 0. The highest BCUT2D eigenvalue weighted by Gasteiger charge is 2.64. The number of rotatable bonds is 37. The molecule has 13 fully saturated rings. The van der Waals surface area contributed by atoms with Gasteiger partial charge in [0.05, 0.1) is 85.9 Å². The van der Waals surface area contributed by atoms with Crippen LogP contribution in [0, 0.1) is 0 Å². The Hall–Kier alpha value is -2.64. The topological polar surface area (TPSA) is 1060 Å². The third kappa shape index (κ3) is 24.3. The van der Waals surface area contributed by atoms with Crippen molar-refractivity contribution in [3.05, 3.63) is 0 Å². The van der Waals surface area contributed by atoms with Crippen LogP contribution in [0.3, 0.4) is 0 Å². The summed E-state index contributed by atoms with van der Waals surface area (Å²) < 4.78 is 141. The van der Waals surface area contributed by atoms with Gasteiger partial charge >= 0.3 is 0 Å². The molecule has 13 saturated heterocycles. The van der Waals surface area contributed by atoms with Crippen molar-refractivity contribution in [3.63, 3.8) is 0 Å². The molecule has 13 rings (SSSR count). The summed E-state index contributed by atoms with van der Waals surface area (Å²) in [4.78, 5) is 0. The molecule has 13 aliphatic rings. The van der Waals surface area contributed by atoms with Crippen molar-refractivity contribution in [2.45, 2.75) is 399 Å². The molecule has 0 spiro atoms. The third-order valence-corrected chi connectivity index (χ3v) is 27.2. The van der Waals surface area contributed by atoms with Crippen LogP contribution in [0.2, 0.25) is 0 Å². The first kappa shape index (κ1) is 118. The Kier molecular flexibility index (Phi) is 42.2. The molecule has 13 aliphatic heterocycles. The predicted octanol–water partition coefficient (Wildman–Crippen LogP) is -29.3. The van der Waals surface area contributed by atoms with Crippen LogP contribution in [0.1, 0.15) is 0 Å². The molecule has 0 aromatic carbocycles. The maximum atomic E-state index is 11.6. The Labute approximate surface area is 810 Å². The molecule has 41 N–H and O–H groups in total. The van der Waals surface area contributed by atoms with Gasteiger partial charge in [-0.2, -0.15) is 0 Å². The van der Waals surface area contributed by atoms with Crippen LogP contribution in [0.15, 0.2) is 0 Å². The standard InChI is InChI=1S/C78H132O66/c79-1-14-27(92)28(93)42(107)67(121-14)134-55-16(3-81)123-69(44(109)30(55)95)136-57-18(5-83)125-71(46(111)32(57)97)138-59-20(7-85)127-73(48(113)34(59)99)140-61-22(9-87)129-75(50(115)36(61)101)142-63-24(11-89)131-77(52(117)38(63)103)144-65-26(13-91)132-78(53(118)40(65)105)143-64-25(12-90)130-76(51(116)39(64)104)141-62-23(10-88)128-74(49(114)37(62)102)139-60-21(8-86)126-72(47(112)35(60)100)137-58-19(6-84)124-70(45(110)33(58)98)135-56-17(4-82)122-68(43(108)31(56)96)133-54-15(2-80)120-66(119)41(106)29(54)94/h14-119H,1-13H2/t14-,15-,16-,17-,18-,19-,20-,21-,22-,23-,24-,25-,26-,27-,28+,29-,30-,31-,32-,33-,34-,35-,36-,37-,38-,39-,40-,41+,42-,43-,44-,45-,46+,47+,48+,49+,50-,51+,52+,53+,54-,55-,56-,57-,58-,59-,60-,61-,62-,63-,64-,65-,66?,67+,68+,69+,70+,71+,72+,73+,74+,75+,76+,77+,78+/m1/s1. The van der Waals surface area contributed by atoms with Gasteiger partial charge in [0.25, 0.3) is 0 Å². The second-order valence-corrected chi connectivity index (χ2v) is 36.4. The zero-order valence-corrected chi connectivity index (χ0v) is 75.3. The lowest BCUT2D eigenvalue weighted by Crippen LogP contribution is -2.69. The van der Waals surface area contributed by atoms with E-state index in [1.807, 2.05) is 0 Å². The molecule has 0 aliphatic carbocycles. The fraction of sp³-hybridized carbons (Fsp3) is 1.00. The second-order valence-electron chi connectivity index (χ2n) is 36.4. The molecular formula is C78H132O66. The highest BCUT2D eigenvalue weighted by atomic mass is 16.8. The second kappa shape index (κ2) is 51.4. The van der Waals surface area contributed by atoms with E-state index in [9.17, 15) is 209 Å². The van der Waals surface area contributed by atoms with E-state index in [1.54, 1.807) is 0 Å². The number of aliphatic hydroxyl groups excluding tert-OH is 41. The van der Waals surface area contributed by atoms with E-state index in [0.717, 1.165) is 0 Å². The Morgan fingerprint density at radius 2 is 0.201 bits per heavy atom. The zero-order valence-electron chi connectivity index (χ0n) is 75.3. The van der Waals surface area contributed by atoms with Crippen molar-refractivity contribution in [2.75, 3.05) is 85.9 Å². The average molecular weight is 2130 g/mol. The van der Waals surface area contributed by atoms with E-state index in [4.69, 9.17) is 118 Å². The maximum absolute atomic E-state index is 11.6. The van der Waals surface area contributed by atoms with Crippen LogP contribution in [0.4, 0.5) is 0 Å². The summed E-state index contributed by atoms with van der Waals surface area (Å²) in [5, 5.41) is 448. The lowest BCUT2D eigenvalue weighted by atomic mass is 9.95. The van der Waals surface area contributed by atoms with E-state index >= 15 is 0 Å². The molecule has 0 saturated carbocycles. The van der Waals surface area contributed by atoms with Gasteiger partial charge in [-0.15, -0.1) is 0 Å². The van der Waals surface area contributed by atoms with Crippen LogP contribution in [0.25, 0.3) is 0 Å². The van der Waals surface area contributed by atoms with Crippen LogP contribution in [-0.2, 0) is 118 Å². The van der Waals surface area contributed by atoms with Gasteiger partial charge in [-0.05, 0) is 0 Å². The number of aliphatic hydroxyl groups is 41. The normalized spacial score (nSPS) is 53.9. The maximum Gasteiger partial charge on any atom is 0.187 e. The summed E-state index contributed by atoms with van der Waals surface area (Å²) in [6.07, 6.45) is -135. The SMILES string of the molecule is OC[C@H]1O[C@@H](O[C@H]2[C@H](O)[C@@H](O)[C@H](O[C@H]3[C@H](O)[C@H](O)[C@H](O[C@H]4[C@H](O)[C@H](O)[C@H](O[C@H]5[C@H](O)[C@@H](O)[C@H](O[C@H]6[C@H](O)[C@H](O)[C@H](O[C@H]7[C@H](O)[C@H](O)[C@H](O[C@H]8[C@H](O)[C@H](O)[C@H](O[C@H]9[C@H](O)[C@H](O)[C@H](O[C@H]%10[C@H](O)[C@H](O)[C@H](O[C@H]%11[C@H](O)[C@@H](O)[C@H](O[C@H]%12[C@H](O)[C@@H](O)[C@H](O[C@H]%13[C@H](O)[C@H](O)C(O)O[C@@H]%13CO)O[C@@H]%12CO)O[C@@H]%11CO)O[C@@H]%10CO)O[C@@H]9CO)O[C@@H]8CO)O[C@@H]7CO)O[C@@H]6CO)O[C@@H]5CO)O[C@@H]4CO)O[C@@H]3CO)O[C@@H]2CO)[C@H](O)[C@@H](O)[C@@H]1O. The largest absolute Gasteiger partial charge is 0.394 e. The summed E-state index contributed by atoms with van der Waals surface area (Å²) in [5.41, 5.74) is 0. The Morgan fingerprint density at radius 1 is 0.104 bits per heavy atom. The third-order valence-electron chi connectivity index (χ3n) is 27.2. The summed E-state index contributed by atoms with van der Waals surface area (Å²) in [6, 6.07) is 0. The van der Waals surface area contributed by atoms with Gasteiger partial charge in [-0.25, -0.2) is 0 Å². The molecular weight excluding hydrogens is 1990 g/mol. The molecule has 66 heteroatoms. The molecule has 66 nitrogen and oxygen atoms in total. The van der Waals surface area contributed by atoms with Gasteiger partial charge in [0, 0.05) is 0 Å². The number of hydrogen-bond acceptors (Lipinski definition) is 66. The van der Waals surface area contributed by atoms with Crippen molar-refractivity contribution in [1.29, 1.82) is 0 Å². The number of ether oxygens (including phenoxy) is 25. The fourth-order valence-electron chi connectivity index (χ4n) is 18.9. The first-order valence-corrected chi connectivity index (χ1v) is 45.8. The van der Waals surface area contributed by atoms with Crippen molar-refractivity contribution in [3.8, 4) is 0 Å². The van der Waals surface area contributed by atoms with Crippen molar-refractivity contribution >= 4 is 0 Å². The molecule has 13 heterocycles. The number of hydrogen-bond donors (Lipinski definition) is 41. The van der Waals surface area contributed by atoms with Gasteiger partial charge in [0.15, 0.2) is 81.8 Å². The van der Waals surface area contributed by atoms with E-state index in [-0.39, 0.29) is 0 Å². The molecule has 0 radical (unpaired) electrons.